The van der Waals surface area contributed by atoms with Crippen molar-refractivity contribution < 1.29 is 4.79 Å². The van der Waals surface area contributed by atoms with Gasteiger partial charge in [0.1, 0.15) is 4.60 Å². The van der Waals surface area contributed by atoms with Crippen LogP contribution in [0.2, 0.25) is 0 Å². The summed E-state index contributed by atoms with van der Waals surface area (Å²) in [7, 11) is 0. The van der Waals surface area contributed by atoms with E-state index in [0.29, 0.717) is 12.3 Å². The van der Waals surface area contributed by atoms with Gasteiger partial charge in [0.2, 0.25) is 5.91 Å². The van der Waals surface area contributed by atoms with Gasteiger partial charge in [-0.3, -0.25) is 4.79 Å². The van der Waals surface area contributed by atoms with Crippen LogP contribution in [0.15, 0.2) is 16.7 Å². The van der Waals surface area contributed by atoms with Crippen molar-refractivity contribution >= 4 is 27.5 Å². The van der Waals surface area contributed by atoms with E-state index < -0.39 is 0 Å². The quantitative estimate of drug-likeness (QED) is 0.831. The zero-order valence-electron chi connectivity index (χ0n) is 9.09. The highest BCUT2D eigenvalue weighted by Gasteiger charge is 2.20. The number of aromatic nitrogens is 1. The lowest BCUT2D eigenvalue weighted by atomic mass is 9.99. The number of hydrogen-bond acceptors (Lipinski definition) is 3. The molecule has 0 spiro atoms. The third-order valence-electron chi connectivity index (χ3n) is 2.67. The number of halogens is 1. The molecule has 86 valence electrons. The second kappa shape index (κ2) is 4.93. The van der Waals surface area contributed by atoms with E-state index in [1.54, 1.807) is 0 Å². The second-order valence-corrected chi connectivity index (χ2v) is 4.86. The molecule has 0 aliphatic carbocycles. The molecule has 5 heteroatoms. The van der Waals surface area contributed by atoms with Crippen LogP contribution in [-0.4, -0.2) is 24.0 Å². The summed E-state index contributed by atoms with van der Waals surface area (Å²) in [6.07, 6.45) is 0.586. The molecular weight excluding hydrogens is 270 g/mol. The van der Waals surface area contributed by atoms with Crippen molar-refractivity contribution in [2.45, 2.75) is 13.3 Å². The fourth-order valence-electron chi connectivity index (χ4n) is 1.62. The number of anilines is 1. The molecular formula is C11H14BrN3O. The number of nitrogens with zero attached hydrogens (tertiary/aromatic N) is 1. The van der Waals surface area contributed by atoms with E-state index in [-0.39, 0.29) is 5.91 Å². The van der Waals surface area contributed by atoms with Gasteiger partial charge in [0.05, 0.1) is 11.4 Å². The molecule has 0 atom stereocenters. The van der Waals surface area contributed by atoms with E-state index in [2.05, 4.69) is 31.5 Å². The minimum atomic E-state index is 0.0683. The Hall–Kier alpha value is -0.940. The summed E-state index contributed by atoms with van der Waals surface area (Å²) in [6.45, 7) is 3.78. The normalized spacial score (nSPS) is 15.6. The van der Waals surface area contributed by atoms with Gasteiger partial charge in [-0.15, -0.1) is 0 Å². The third kappa shape index (κ3) is 2.80. The number of carbonyl (C=O) groups is 1. The van der Waals surface area contributed by atoms with Crippen LogP contribution in [0, 0.1) is 12.8 Å². The summed E-state index contributed by atoms with van der Waals surface area (Å²) in [5, 5.41) is 6.04. The van der Waals surface area contributed by atoms with Crippen LogP contribution in [0.3, 0.4) is 0 Å². The fraction of sp³-hybridized carbons (Fsp3) is 0.455. The first kappa shape index (κ1) is 11.5. The topological polar surface area (TPSA) is 54.0 Å². The van der Waals surface area contributed by atoms with Crippen molar-refractivity contribution in [3.8, 4) is 0 Å². The monoisotopic (exact) mass is 283 g/mol. The molecule has 2 rings (SSSR count). The number of aryl methyl sites for hydroxylation is 1. The molecule has 4 nitrogen and oxygen atoms in total. The van der Waals surface area contributed by atoms with Crippen molar-refractivity contribution in [1.82, 2.24) is 10.3 Å². The molecule has 1 aromatic heterocycles. The third-order valence-corrected chi connectivity index (χ3v) is 3.11. The highest BCUT2D eigenvalue weighted by Crippen LogP contribution is 2.17. The molecule has 1 fully saturated rings. The lowest BCUT2D eigenvalue weighted by Gasteiger charge is -2.26. The molecule has 1 amide bonds. The molecule has 1 aromatic rings. The molecule has 0 bridgehead atoms. The number of hydrogen-bond donors (Lipinski definition) is 2. The summed E-state index contributed by atoms with van der Waals surface area (Å²) in [5.41, 5.74) is 1.62. The Labute approximate surface area is 103 Å². The minimum Gasteiger partial charge on any atom is -0.324 e. The average molecular weight is 284 g/mol. The van der Waals surface area contributed by atoms with Gasteiger partial charge in [-0.1, -0.05) is 0 Å². The van der Waals surface area contributed by atoms with E-state index in [9.17, 15) is 4.79 Å². The van der Waals surface area contributed by atoms with Crippen molar-refractivity contribution in [3.63, 3.8) is 0 Å². The predicted octanol–water partition coefficient (Wildman–Crippen LogP) is 1.70. The maximum atomic E-state index is 11.7. The first-order valence-corrected chi connectivity index (χ1v) is 6.08. The molecule has 1 saturated heterocycles. The van der Waals surface area contributed by atoms with Gasteiger partial charge in [0.25, 0.3) is 0 Å². The molecule has 0 radical (unpaired) electrons. The Morgan fingerprint density at radius 3 is 2.94 bits per heavy atom. The van der Waals surface area contributed by atoms with Gasteiger partial charge in [0.15, 0.2) is 0 Å². The molecule has 16 heavy (non-hydrogen) atoms. The lowest BCUT2D eigenvalue weighted by Crippen LogP contribution is -2.43. The Morgan fingerprint density at radius 2 is 2.38 bits per heavy atom. The zero-order chi connectivity index (χ0) is 11.5. The lowest BCUT2D eigenvalue weighted by molar-refractivity contribution is -0.117. The minimum absolute atomic E-state index is 0.0683. The van der Waals surface area contributed by atoms with Crippen LogP contribution in [0.4, 0.5) is 5.69 Å². The van der Waals surface area contributed by atoms with Crippen LogP contribution < -0.4 is 10.6 Å². The van der Waals surface area contributed by atoms with E-state index in [0.717, 1.165) is 29.1 Å². The molecule has 0 unspecified atom stereocenters. The molecule has 0 aromatic carbocycles. The number of rotatable bonds is 3. The predicted molar refractivity (Wildman–Crippen MR) is 66.3 cm³/mol. The maximum Gasteiger partial charge on any atom is 0.224 e. The van der Waals surface area contributed by atoms with E-state index in [1.165, 1.54) is 0 Å². The summed E-state index contributed by atoms with van der Waals surface area (Å²) < 4.78 is 0.784. The van der Waals surface area contributed by atoms with Crippen LogP contribution in [-0.2, 0) is 4.79 Å². The Morgan fingerprint density at radius 1 is 1.62 bits per heavy atom. The SMILES string of the molecule is Cc1nc(Br)ccc1NC(=O)CC1CNC1. The first-order chi connectivity index (χ1) is 7.65. The van der Waals surface area contributed by atoms with Crippen LogP contribution >= 0.6 is 15.9 Å². The Balaban J connectivity index is 1.94. The van der Waals surface area contributed by atoms with E-state index in [1.807, 2.05) is 19.1 Å². The van der Waals surface area contributed by atoms with Crippen molar-refractivity contribution in [1.29, 1.82) is 0 Å². The standard InChI is InChI=1S/C11H14BrN3O/c1-7-9(2-3-10(12)14-7)15-11(16)4-8-5-13-6-8/h2-3,8,13H,4-6H2,1H3,(H,15,16). The van der Waals surface area contributed by atoms with Crippen molar-refractivity contribution in [2.24, 2.45) is 5.92 Å². The molecule has 1 aliphatic heterocycles. The number of pyridine rings is 1. The molecule has 2 N–H and O–H groups in total. The summed E-state index contributed by atoms with van der Waals surface area (Å²) >= 11 is 3.29. The van der Waals surface area contributed by atoms with Gasteiger partial charge in [-0.2, -0.15) is 0 Å². The van der Waals surface area contributed by atoms with Gasteiger partial charge in [-0.25, -0.2) is 4.98 Å². The highest BCUT2D eigenvalue weighted by atomic mass is 79.9. The number of nitrogens with one attached hydrogen (secondary N) is 2. The average Bonchev–Trinajstić information content (AvgIpc) is 2.16. The second-order valence-electron chi connectivity index (χ2n) is 4.04. The summed E-state index contributed by atoms with van der Waals surface area (Å²) in [6, 6.07) is 3.69. The number of amides is 1. The Kier molecular flexibility index (Phi) is 3.56. The van der Waals surface area contributed by atoms with Gasteiger partial charge in [0, 0.05) is 6.42 Å². The largest absolute Gasteiger partial charge is 0.324 e. The van der Waals surface area contributed by atoms with Crippen molar-refractivity contribution in [3.05, 3.63) is 22.4 Å². The molecule has 0 saturated carbocycles. The van der Waals surface area contributed by atoms with Crippen molar-refractivity contribution in [2.75, 3.05) is 18.4 Å². The van der Waals surface area contributed by atoms with Crippen LogP contribution in [0.1, 0.15) is 12.1 Å². The number of carbonyl (C=O) groups excluding carboxylic acids is 1. The van der Waals surface area contributed by atoms with E-state index >= 15 is 0 Å². The first-order valence-electron chi connectivity index (χ1n) is 5.29. The van der Waals surface area contributed by atoms with Gasteiger partial charge in [-0.05, 0) is 54.0 Å². The van der Waals surface area contributed by atoms with E-state index in [4.69, 9.17) is 0 Å². The highest BCUT2D eigenvalue weighted by molar-refractivity contribution is 9.10. The maximum absolute atomic E-state index is 11.7. The molecule has 1 aliphatic rings. The summed E-state index contributed by atoms with van der Waals surface area (Å²) in [4.78, 5) is 15.9. The zero-order valence-corrected chi connectivity index (χ0v) is 10.7. The van der Waals surface area contributed by atoms with Gasteiger partial charge < -0.3 is 10.6 Å². The summed E-state index contributed by atoms with van der Waals surface area (Å²) in [5.74, 6) is 0.558. The van der Waals surface area contributed by atoms with Crippen LogP contribution in [0.25, 0.3) is 0 Å². The smallest absolute Gasteiger partial charge is 0.224 e. The van der Waals surface area contributed by atoms with Gasteiger partial charge >= 0.3 is 0 Å². The Bertz CT molecular complexity index is 404. The molecule has 2 heterocycles. The fourth-order valence-corrected chi connectivity index (χ4v) is 2.02. The van der Waals surface area contributed by atoms with Crippen LogP contribution in [0.5, 0.6) is 0 Å².